The van der Waals surface area contributed by atoms with Gasteiger partial charge in [0.1, 0.15) is 11.5 Å². The number of methoxy groups -OCH3 is 1. The second-order valence-corrected chi connectivity index (χ2v) is 10.9. The highest BCUT2D eigenvalue weighted by Crippen LogP contribution is 2.58. The van der Waals surface area contributed by atoms with E-state index in [1.807, 2.05) is 24.3 Å². The number of benzene rings is 2. The number of hydrazone groups is 1. The van der Waals surface area contributed by atoms with Gasteiger partial charge in [0.05, 0.1) is 20.4 Å². The largest absolute Gasteiger partial charge is 0.540 e. The minimum absolute atomic E-state index is 0.439. The maximum absolute atomic E-state index is 12.9. The third-order valence-electron chi connectivity index (χ3n) is 4.39. The zero-order valence-electron chi connectivity index (χ0n) is 18.5. The lowest BCUT2D eigenvalue weighted by atomic mass is 10.2. The Bertz CT molecular complexity index is 962. The Morgan fingerprint density at radius 3 is 2.25 bits per heavy atom. The molecule has 2 aromatic carbocycles. The second kappa shape index (κ2) is 12.8. The molecule has 0 aromatic heterocycles. The highest BCUT2D eigenvalue weighted by Gasteiger charge is 2.35. The van der Waals surface area contributed by atoms with E-state index in [-0.39, 0.29) is 0 Å². The van der Waals surface area contributed by atoms with Crippen LogP contribution in [0.1, 0.15) is 16.9 Å². The van der Waals surface area contributed by atoms with Crippen LogP contribution in [0.15, 0.2) is 66.3 Å². The number of nitrogens with zero attached hydrogens (tertiary/aromatic N) is 2. The van der Waals surface area contributed by atoms with E-state index in [9.17, 15) is 4.57 Å². The second-order valence-electron chi connectivity index (χ2n) is 6.41. The molecule has 0 fully saturated rings. The van der Waals surface area contributed by atoms with Crippen LogP contribution < -0.4 is 14.6 Å². The summed E-state index contributed by atoms with van der Waals surface area (Å²) in [5.74, 6) is 0.710. The Balaban J connectivity index is 2.06. The molecular formula is C21H28N3O5P2S+. The highest BCUT2D eigenvalue weighted by atomic mass is 32.4. The summed E-state index contributed by atoms with van der Waals surface area (Å²) in [6.07, 6.45) is 3.38. The van der Waals surface area contributed by atoms with Crippen LogP contribution in [0, 0.1) is 0 Å². The lowest BCUT2D eigenvalue weighted by Crippen LogP contribution is -2.22. The van der Waals surface area contributed by atoms with Crippen molar-refractivity contribution < 1.29 is 22.9 Å². The summed E-state index contributed by atoms with van der Waals surface area (Å²) in [5, 5.41) is 7.48. The van der Waals surface area contributed by atoms with Crippen molar-refractivity contribution in [3.63, 3.8) is 0 Å². The topological polar surface area (TPSA) is 81.6 Å². The molecule has 172 valence electrons. The fourth-order valence-corrected chi connectivity index (χ4v) is 5.01. The van der Waals surface area contributed by atoms with Gasteiger partial charge in [-0.05, 0) is 47.5 Å². The molecule has 11 heteroatoms. The summed E-state index contributed by atoms with van der Waals surface area (Å²) in [6, 6.07) is 14.6. The maximum atomic E-state index is 12.9. The Labute approximate surface area is 195 Å². The van der Waals surface area contributed by atoms with Gasteiger partial charge < -0.3 is 13.8 Å². The fourth-order valence-electron chi connectivity index (χ4n) is 2.64. The maximum Gasteiger partial charge on any atom is 0.540 e. The Hall–Kier alpha value is -2.12. The molecule has 0 bridgehead atoms. The number of nitrogens with one attached hydrogen (secondary N) is 1. The summed E-state index contributed by atoms with van der Waals surface area (Å²) >= 11 is 5.46. The van der Waals surface area contributed by atoms with Crippen LogP contribution in [0.5, 0.6) is 11.5 Å². The van der Waals surface area contributed by atoms with Crippen LogP contribution in [0.3, 0.4) is 0 Å². The standard InChI is InChI=1S/C21H28N3O5P2S/c1-6-15-22-21(31(25,27-4)28-5)18-9-13-20(14-10-18)29-30(32)24(2)23-16-17-7-11-19(26-3)12-8-17/h6-14,16,21-22H,1,15H2,2-5H3/q+1/b23-16-. The third-order valence-corrected chi connectivity index (χ3v) is 8.39. The molecular weight excluding hydrogens is 468 g/mol. The Morgan fingerprint density at radius 2 is 1.72 bits per heavy atom. The van der Waals surface area contributed by atoms with Crippen molar-refractivity contribution in [2.75, 3.05) is 34.9 Å². The molecule has 1 N–H and O–H groups in total. The Kier molecular flexibility index (Phi) is 10.5. The SMILES string of the molecule is C=CCNC(c1ccc(O[P+](=S)N(C)/N=C\c2ccc(OC)cc2)cc1)P(=O)(OC)OC. The number of ether oxygens (including phenoxy) is 1. The summed E-state index contributed by atoms with van der Waals surface area (Å²) in [4.78, 5) is 0. The van der Waals surface area contributed by atoms with Gasteiger partial charge in [0.25, 0.3) is 0 Å². The Morgan fingerprint density at radius 1 is 1.12 bits per heavy atom. The van der Waals surface area contributed by atoms with Crippen LogP contribution in [-0.2, 0) is 25.4 Å². The minimum Gasteiger partial charge on any atom is -0.497 e. The van der Waals surface area contributed by atoms with Crippen molar-refractivity contribution >= 4 is 32.7 Å². The van der Waals surface area contributed by atoms with Gasteiger partial charge in [-0.2, -0.15) is 0 Å². The summed E-state index contributed by atoms with van der Waals surface area (Å²) in [7, 11) is 1.28. The first-order valence-corrected chi connectivity index (χ1v) is 13.4. The van der Waals surface area contributed by atoms with E-state index in [4.69, 9.17) is 30.1 Å². The molecule has 2 aromatic rings. The molecule has 2 rings (SSSR count). The average molecular weight is 496 g/mol. The third kappa shape index (κ3) is 7.20. The van der Waals surface area contributed by atoms with Crippen molar-refractivity contribution in [2.24, 2.45) is 5.10 Å². The molecule has 0 aliphatic carbocycles. The quantitative estimate of drug-likeness (QED) is 0.178. The molecule has 0 saturated carbocycles. The molecule has 32 heavy (non-hydrogen) atoms. The number of rotatable bonds is 13. The van der Waals surface area contributed by atoms with E-state index in [0.717, 1.165) is 16.9 Å². The lowest BCUT2D eigenvalue weighted by Gasteiger charge is -2.25. The van der Waals surface area contributed by atoms with E-state index in [2.05, 4.69) is 17.0 Å². The van der Waals surface area contributed by atoms with E-state index in [1.54, 1.807) is 55.5 Å². The van der Waals surface area contributed by atoms with E-state index in [1.165, 1.54) is 14.2 Å². The van der Waals surface area contributed by atoms with Crippen molar-refractivity contribution in [3.05, 3.63) is 72.3 Å². The lowest BCUT2D eigenvalue weighted by molar-refractivity contribution is 0.260. The van der Waals surface area contributed by atoms with Crippen molar-refractivity contribution in [2.45, 2.75) is 5.78 Å². The molecule has 2 unspecified atom stereocenters. The average Bonchev–Trinajstić information content (AvgIpc) is 2.83. The molecule has 0 aliphatic heterocycles. The molecule has 0 heterocycles. The molecule has 8 nitrogen and oxygen atoms in total. The normalized spacial score (nSPS) is 12.9. The van der Waals surface area contributed by atoms with Gasteiger partial charge in [-0.25, -0.2) is 0 Å². The van der Waals surface area contributed by atoms with Gasteiger partial charge in [0, 0.05) is 20.8 Å². The molecule has 0 saturated heterocycles. The molecule has 0 amide bonds. The first kappa shape index (κ1) is 26.1. The van der Waals surface area contributed by atoms with Gasteiger partial charge >= 0.3 is 14.7 Å². The van der Waals surface area contributed by atoms with Gasteiger partial charge in [0.2, 0.25) is 11.8 Å². The van der Waals surface area contributed by atoms with E-state index >= 15 is 0 Å². The van der Waals surface area contributed by atoms with Gasteiger partial charge in [-0.1, -0.05) is 23.0 Å². The molecule has 0 radical (unpaired) electrons. The van der Waals surface area contributed by atoms with E-state index < -0.39 is 20.5 Å². The monoisotopic (exact) mass is 496 g/mol. The van der Waals surface area contributed by atoms with E-state index in [0.29, 0.717) is 12.3 Å². The fraction of sp³-hybridized carbons (Fsp3) is 0.286. The van der Waals surface area contributed by atoms with Crippen LogP contribution in [0.25, 0.3) is 0 Å². The summed E-state index contributed by atoms with van der Waals surface area (Å²) < 4.78 is 35.9. The molecule has 0 spiro atoms. The summed E-state index contributed by atoms with van der Waals surface area (Å²) in [6.45, 7) is 4.12. The zero-order valence-corrected chi connectivity index (χ0v) is 21.1. The molecule has 2 atom stereocenters. The zero-order chi connectivity index (χ0) is 23.6. The van der Waals surface area contributed by atoms with Crippen molar-refractivity contribution in [1.82, 2.24) is 10.1 Å². The number of hydrogen-bond acceptors (Lipinski definition) is 8. The summed E-state index contributed by atoms with van der Waals surface area (Å²) in [5.41, 5.74) is 1.64. The van der Waals surface area contributed by atoms with Gasteiger partial charge in [0.15, 0.2) is 5.75 Å². The highest BCUT2D eigenvalue weighted by molar-refractivity contribution is 8.02. The minimum atomic E-state index is -3.40. The van der Waals surface area contributed by atoms with Crippen LogP contribution >= 0.6 is 14.7 Å². The van der Waals surface area contributed by atoms with Crippen molar-refractivity contribution in [1.29, 1.82) is 0 Å². The first-order valence-electron chi connectivity index (χ1n) is 9.59. The van der Waals surface area contributed by atoms with Crippen LogP contribution in [0.2, 0.25) is 0 Å². The van der Waals surface area contributed by atoms with Gasteiger partial charge in [-0.3, -0.25) is 14.4 Å². The first-order chi connectivity index (χ1) is 15.4. The smallest absolute Gasteiger partial charge is 0.497 e. The van der Waals surface area contributed by atoms with Crippen LogP contribution in [-0.4, -0.2) is 45.9 Å². The number of hydrogen-bond donors (Lipinski definition) is 1. The van der Waals surface area contributed by atoms with Crippen molar-refractivity contribution in [3.8, 4) is 11.5 Å². The predicted molar refractivity (Wildman–Crippen MR) is 132 cm³/mol. The molecule has 0 aliphatic rings. The van der Waals surface area contributed by atoms with Gasteiger partial charge in [-0.15, -0.1) is 11.7 Å². The van der Waals surface area contributed by atoms with Crippen LogP contribution in [0.4, 0.5) is 0 Å². The predicted octanol–water partition coefficient (Wildman–Crippen LogP) is 5.07.